The number of benzene rings is 2. The molecule has 3 nitrogen and oxygen atoms in total. The Balaban J connectivity index is 1.86. The zero-order valence-corrected chi connectivity index (χ0v) is 12.1. The van der Waals surface area contributed by atoms with Crippen LogP contribution in [0.1, 0.15) is 16.6 Å². The van der Waals surface area contributed by atoms with Gasteiger partial charge in [0.25, 0.3) is 0 Å². The Morgan fingerprint density at radius 1 is 1.20 bits per heavy atom. The largest absolute Gasteiger partial charge is 0.497 e. The SMILES string of the molecule is COc1ccc2nc(C(N)Cc3ccccc3)sc2c1. The number of fused-ring (bicyclic) bond motifs is 1. The van der Waals surface area contributed by atoms with Crippen molar-refractivity contribution < 1.29 is 4.74 Å². The van der Waals surface area contributed by atoms with E-state index in [0.29, 0.717) is 0 Å². The molecule has 1 unspecified atom stereocenters. The molecule has 0 saturated heterocycles. The molecule has 1 heterocycles. The fourth-order valence-electron chi connectivity index (χ4n) is 2.16. The van der Waals surface area contributed by atoms with E-state index >= 15 is 0 Å². The first-order valence-electron chi connectivity index (χ1n) is 6.50. The Hall–Kier alpha value is -1.91. The molecule has 102 valence electrons. The van der Waals surface area contributed by atoms with Crippen LogP contribution in [0.2, 0.25) is 0 Å². The lowest BCUT2D eigenvalue weighted by molar-refractivity contribution is 0.415. The maximum Gasteiger partial charge on any atom is 0.120 e. The Labute approximate surface area is 122 Å². The Bertz CT molecular complexity index is 709. The lowest BCUT2D eigenvalue weighted by atomic mass is 10.1. The fraction of sp³-hybridized carbons (Fsp3) is 0.188. The number of nitrogens with zero attached hydrogens (tertiary/aromatic N) is 1. The molecular formula is C16H16N2OS. The van der Waals surface area contributed by atoms with Gasteiger partial charge in [-0.25, -0.2) is 4.98 Å². The minimum Gasteiger partial charge on any atom is -0.497 e. The van der Waals surface area contributed by atoms with Crippen LogP contribution in [0.25, 0.3) is 10.2 Å². The van der Waals surface area contributed by atoms with Crippen molar-refractivity contribution in [2.75, 3.05) is 7.11 Å². The van der Waals surface area contributed by atoms with Gasteiger partial charge in [-0.15, -0.1) is 11.3 Å². The van der Waals surface area contributed by atoms with Gasteiger partial charge in [0.05, 0.1) is 23.4 Å². The lowest BCUT2D eigenvalue weighted by Gasteiger charge is -2.07. The molecule has 0 bridgehead atoms. The Morgan fingerprint density at radius 3 is 2.75 bits per heavy atom. The second-order valence-electron chi connectivity index (χ2n) is 4.68. The zero-order valence-electron chi connectivity index (χ0n) is 11.2. The highest BCUT2D eigenvalue weighted by Crippen LogP contribution is 2.29. The average Bonchev–Trinajstić information content (AvgIpc) is 2.91. The van der Waals surface area contributed by atoms with E-state index in [1.54, 1.807) is 18.4 Å². The van der Waals surface area contributed by atoms with E-state index in [4.69, 9.17) is 10.5 Å². The number of methoxy groups -OCH3 is 1. The Morgan fingerprint density at radius 2 is 2.00 bits per heavy atom. The number of rotatable bonds is 4. The molecule has 3 rings (SSSR count). The van der Waals surface area contributed by atoms with E-state index in [1.807, 2.05) is 36.4 Å². The number of aromatic nitrogens is 1. The van der Waals surface area contributed by atoms with Crippen LogP contribution in [0, 0.1) is 0 Å². The molecule has 1 atom stereocenters. The van der Waals surface area contributed by atoms with Crippen LogP contribution < -0.4 is 10.5 Å². The van der Waals surface area contributed by atoms with Gasteiger partial charge in [0.1, 0.15) is 10.8 Å². The van der Waals surface area contributed by atoms with Crippen molar-refractivity contribution in [2.24, 2.45) is 5.73 Å². The maximum atomic E-state index is 6.28. The number of hydrogen-bond acceptors (Lipinski definition) is 4. The molecule has 2 aromatic carbocycles. The zero-order chi connectivity index (χ0) is 13.9. The van der Waals surface area contributed by atoms with Crippen molar-refractivity contribution in [3.05, 3.63) is 59.1 Å². The highest BCUT2D eigenvalue weighted by Gasteiger charge is 2.13. The molecule has 0 saturated carbocycles. The molecule has 3 aromatic rings. The molecule has 2 N–H and O–H groups in total. The van der Waals surface area contributed by atoms with E-state index in [2.05, 4.69) is 17.1 Å². The molecular weight excluding hydrogens is 268 g/mol. The van der Waals surface area contributed by atoms with Gasteiger partial charge >= 0.3 is 0 Å². The number of thiazole rings is 1. The molecule has 0 aliphatic rings. The molecule has 4 heteroatoms. The topological polar surface area (TPSA) is 48.1 Å². The van der Waals surface area contributed by atoms with Crippen molar-refractivity contribution >= 4 is 21.6 Å². The first-order valence-corrected chi connectivity index (χ1v) is 7.32. The third kappa shape index (κ3) is 2.66. The van der Waals surface area contributed by atoms with Crippen LogP contribution in [0.5, 0.6) is 5.75 Å². The smallest absolute Gasteiger partial charge is 0.120 e. The first kappa shape index (κ1) is 13.1. The predicted octanol–water partition coefficient (Wildman–Crippen LogP) is 3.55. The first-order chi connectivity index (χ1) is 9.76. The predicted molar refractivity (Wildman–Crippen MR) is 83.2 cm³/mol. The summed E-state index contributed by atoms with van der Waals surface area (Å²) in [6.07, 6.45) is 0.803. The average molecular weight is 284 g/mol. The van der Waals surface area contributed by atoms with Gasteiger partial charge < -0.3 is 10.5 Å². The van der Waals surface area contributed by atoms with Crippen LogP contribution in [-0.4, -0.2) is 12.1 Å². The summed E-state index contributed by atoms with van der Waals surface area (Å²) in [5, 5.41) is 0.970. The summed E-state index contributed by atoms with van der Waals surface area (Å²) in [5.74, 6) is 0.851. The van der Waals surface area contributed by atoms with E-state index in [-0.39, 0.29) is 6.04 Å². The normalized spacial score (nSPS) is 12.5. The molecule has 20 heavy (non-hydrogen) atoms. The van der Waals surface area contributed by atoms with Crippen molar-refractivity contribution in [3.8, 4) is 5.75 Å². The van der Waals surface area contributed by atoms with E-state index in [9.17, 15) is 0 Å². The Kier molecular flexibility index (Phi) is 3.67. The third-order valence-electron chi connectivity index (χ3n) is 3.23. The van der Waals surface area contributed by atoms with Gasteiger partial charge in [-0.1, -0.05) is 30.3 Å². The van der Waals surface area contributed by atoms with Crippen molar-refractivity contribution in [2.45, 2.75) is 12.5 Å². The van der Waals surface area contributed by atoms with Gasteiger partial charge in [0.15, 0.2) is 0 Å². The van der Waals surface area contributed by atoms with Gasteiger partial charge in [-0.05, 0) is 30.2 Å². The second kappa shape index (κ2) is 5.61. The van der Waals surface area contributed by atoms with Crippen LogP contribution >= 0.6 is 11.3 Å². The minimum absolute atomic E-state index is 0.0687. The van der Waals surface area contributed by atoms with Crippen molar-refractivity contribution in [1.82, 2.24) is 4.98 Å². The highest BCUT2D eigenvalue weighted by molar-refractivity contribution is 7.18. The second-order valence-corrected chi connectivity index (χ2v) is 5.74. The van der Waals surface area contributed by atoms with E-state index < -0.39 is 0 Å². The summed E-state index contributed by atoms with van der Waals surface area (Å²) < 4.78 is 6.35. The molecule has 0 fully saturated rings. The lowest BCUT2D eigenvalue weighted by Crippen LogP contribution is -2.12. The van der Waals surface area contributed by atoms with E-state index in [1.165, 1.54) is 5.56 Å². The van der Waals surface area contributed by atoms with Crippen LogP contribution in [0.4, 0.5) is 0 Å². The molecule has 0 aliphatic heterocycles. The fourth-order valence-corrected chi connectivity index (χ4v) is 3.16. The van der Waals surface area contributed by atoms with E-state index in [0.717, 1.165) is 27.4 Å². The highest BCUT2D eigenvalue weighted by atomic mass is 32.1. The summed E-state index contributed by atoms with van der Waals surface area (Å²) >= 11 is 1.64. The van der Waals surface area contributed by atoms with Crippen LogP contribution in [0.3, 0.4) is 0 Å². The van der Waals surface area contributed by atoms with Crippen molar-refractivity contribution in [3.63, 3.8) is 0 Å². The van der Waals surface area contributed by atoms with Crippen LogP contribution in [-0.2, 0) is 6.42 Å². The third-order valence-corrected chi connectivity index (χ3v) is 4.38. The molecule has 0 radical (unpaired) electrons. The maximum absolute atomic E-state index is 6.28. The number of ether oxygens (including phenoxy) is 1. The van der Waals surface area contributed by atoms with Gasteiger partial charge in [-0.3, -0.25) is 0 Å². The van der Waals surface area contributed by atoms with Gasteiger partial charge in [0, 0.05) is 0 Å². The summed E-state index contributed by atoms with van der Waals surface area (Å²) in [6.45, 7) is 0. The van der Waals surface area contributed by atoms with Crippen LogP contribution in [0.15, 0.2) is 48.5 Å². The monoisotopic (exact) mass is 284 g/mol. The molecule has 0 aliphatic carbocycles. The summed E-state index contributed by atoms with van der Waals surface area (Å²) in [4.78, 5) is 4.62. The quantitative estimate of drug-likeness (QED) is 0.797. The summed E-state index contributed by atoms with van der Waals surface area (Å²) in [5.41, 5.74) is 8.49. The standard InChI is InChI=1S/C16H16N2OS/c1-19-12-7-8-14-15(10-12)20-16(18-14)13(17)9-11-5-3-2-4-6-11/h2-8,10,13H,9,17H2,1H3. The summed E-state index contributed by atoms with van der Waals surface area (Å²) in [6, 6.07) is 16.1. The van der Waals surface area contributed by atoms with Gasteiger partial charge in [-0.2, -0.15) is 0 Å². The number of nitrogens with two attached hydrogens (primary N) is 1. The van der Waals surface area contributed by atoms with Gasteiger partial charge in [0.2, 0.25) is 0 Å². The molecule has 0 amide bonds. The van der Waals surface area contributed by atoms with Crippen molar-refractivity contribution in [1.29, 1.82) is 0 Å². The molecule has 0 spiro atoms. The molecule has 1 aromatic heterocycles. The minimum atomic E-state index is -0.0687. The number of hydrogen-bond donors (Lipinski definition) is 1. The summed E-state index contributed by atoms with van der Waals surface area (Å²) in [7, 11) is 1.67.